The Morgan fingerprint density at radius 1 is 1.16 bits per heavy atom. The summed E-state index contributed by atoms with van der Waals surface area (Å²) in [5.41, 5.74) is 2.21. The highest BCUT2D eigenvalue weighted by molar-refractivity contribution is 7.22. The predicted octanol–water partition coefficient (Wildman–Crippen LogP) is 5.59. The van der Waals surface area contributed by atoms with Gasteiger partial charge in [0.15, 0.2) is 5.13 Å². The second-order valence-corrected chi connectivity index (χ2v) is 9.27. The van der Waals surface area contributed by atoms with Crippen molar-refractivity contribution in [2.45, 2.75) is 13.0 Å². The van der Waals surface area contributed by atoms with Crippen LogP contribution in [0.2, 0.25) is 5.02 Å². The van der Waals surface area contributed by atoms with Gasteiger partial charge in [-0.2, -0.15) is 0 Å². The molecule has 0 radical (unpaired) electrons. The number of benzene rings is 2. The number of thiophene rings is 1. The smallest absolute Gasteiger partial charge is 0.263 e. The summed E-state index contributed by atoms with van der Waals surface area (Å²) < 4.78 is 2.34. The van der Waals surface area contributed by atoms with Crippen LogP contribution in [0.25, 0.3) is 31.6 Å². The van der Waals surface area contributed by atoms with Gasteiger partial charge in [-0.15, -0.1) is 11.3 Å². The average molecular weight is 467 g/mol. The third-order valence-electron chi connectivity index (χ3n) is 5.00. The number of aromatic nitrogens is 3. The molecule has 6 nitrogen and oxygen atoms in total. The van der Waals surface area contributed by atoms with E-state index in [0.29, 0.717) is 20.4 Å². The number of carbonyl (C=O) groups is 1. The number of carbonyl (C=O) groups excluding carboxylic acids is 1. The van der Waals surface area contributed by atoms with E-state index in [-0.39, 0.29) is 11.5 Å². The second-order valence-electron chi connectivity index (χ2n) is 6.95. The maximum atomic E-state index is 13.3. The number of fused-ring (bicyclic) bond motifs is 2. The van der Waals surface area contributed by atoms with Crippen LogP contribution in [0.4, 0.5) is 5.13 Å². The molecule has 1 unspecified atom stereocenters. The molecule has 0 saturated carbocycles. The van der Waals surface area contributed by atoms with Crippen molar-refractivity contribution in [3.05, 3.63) is 75.6 Å². The number of rotatable bonds is 4. The highest BCUT2D eigenvalue weighted by atomic mass is 35.5. The molecule has 0 saturated heterocycles. The minimum Gasteiger partial charge on any atom is -0.300 e. The van der Waals surface area contributed by atoms with Crippen LogP contribution in [0.5, 0.6) is 0 Å². The zero-order valence-electron chi connectivity index (χ0n) is 16.2. The first-order valence-electron chi connectivity index (χ1n) is 9.42. The highest BCUT2D eigenvalue weighted by Crippen LogP contribution is 2.32. The largest absolute Gasteiger partial charge is 0.300 e. The number of thiazole rings is 1. The fourth-order valence-electron chi connectivity index (χ4n) is 3.33. The van der Waals surface area contributed by atoms with Gasteiger partial charge in [0.2, 0.25) is 5.91 Å². The van der Waals surface area contributed by atoms with Gasteiger partial charge in [-0.1, -0.05) is 47.2 Å². The number of hydrogen-bond acceptors (Lipinski definition) is 6. The third kappa shape index (κ3) is 3.63. The lowest BCUT2D eigenvalue weighted by molar-refractivity contribution is -0.118. The van der Waals surface area contributed by atoms with Gasteiger partial charge in [0.1, 0.15) is 10.9 Å². The van der Waals surface area contributed by atoms with Crippen LogP contribution in [-0.2, 0) is 4.79 Å². The fourth-order valence-corrected chi connectivity index (χ4v) is 5.23. The molecule has 1 N–H and O–H groups in total. The van der Waals surface area contributed by atoms with Crippen molar-refractivity contribution in [1.82, 2.24) is 14.5 Å². The molecule has 1 atom stereocenters. The van der Waals surface area contributed by atoms with E-state index in [2.05, 4.69) is 15.3 Å². The Morgan fingerprint density at radius 2 is 1.94 bits per heavy atom. The lowest BCUT2D eigenvalue weighted by Crippen LogP contribution is -2.31. The van der Waals surface area contributed by atoms with Crippen molar-refractivity contribution in [2.75, 3.05) is 5.32 Å². The number of nitrogens with one attached hydrogen (secondary N) is 1. The average Bonchev–Trinajstić information content (AvgIpc) is 3.38. The number of hydrogen-bond donors (Lipinski definition) is 1. The first-order chi connectivity index (χ1) is 15.0. The molecular formula is C22H15ClN4O2S2. The predicted molar refractivity (Wildman–Crippen MR) is 127 cm³/mol. The summed E-state index contributed by atoms with van der Waals surface area (Å²) in [7, 11) is 0. The van der Waals surface area contributed by atoms with Crippen LogP contribution in [0.3, 0.4) is 0 Å². The molecule has 0 fully saturated rings. The van der Waals surface area contributed by atoms with Crippen LogP contribution in [0.15, 0.2) is 65.0 Å². The monoisotopic (exact) mass is 466 g/mol. The summed E-state index contributed by atoms with van der Waals surface area (Å²) >= 11 is 8.78. The molecule has 0 aliphatic heterocycles. The Bertz CT molecular complexity index is 1450. The number of anilines is 1. The quantitative estimate of drug-likeness (QED) is 0.374. The van der Waals surface area contributed by atoms with E-state index in [9.17, 15) is 9.59 Å². The zero-order chi connectivity index (χ0) is 21.5. The molecule has 1 amide bonds. The van der Waals surface area contributed by atoms with E-state index < -0.39 is 6.04 Å². The van der Waals surface area contributed by atoms with Crippen LogP contribution in [0.1, 0.15) is 13.0 Å². The molecule has 0 bridgehead atoms. The SMILES string of the molecule is CC(C(=O)Nc1nc2ccccc2s1)n1cnc2scc(-c3ccc(Cl)cc3)c2c1=O. The van der Waals surface area contributed by atoms with Gasteiger partial charge < -0.3 is 5.32 Å². The highest BCUT2D eigenvalue weighted by Gasteiger charge is 2.21. The standard InChI is InChI=1S/C22H15ClN4O2S2/c1-12(19(28)26-22-25-16-4-2-3-5-17(16)31-22)27-11-24-20-18(21(27)29)15(10-30-20)13-6-8-14(23)9-7-13/h2-12H,1H3,(H,25,26,28). The first-order valence-corrected chi connectivity index (χ1v) is 11.5. The molecule has 5 rings (SSSR count). The van der Waals surface area contributed by atoms with E-state index in [0.717, 1.165) is 21.3 Å². The molecular weight excluding hydrogens is 452 g/mol. The molecule has 9 heteroatoms. The van der Waals surface area contributed by atoms with Crippen molar-refractivity contribution in [1.29, 1.82) is 0 Å². The molecule has 154 valence electrons. The van der Waals surface area contributed by atoms with Gasteiger partial charge in [-0.25, -0.2) is 9.97 Å². The van der Waals surface area contributed by atoms with E-state index >= 15 is 0 Å². The van der Waals surface area contributed by atoms with E-state index in [1.165, 1.54) is 33.6 Å². The van der Waals surface area contributed by atoms with E-state index in [1.54, 1.807) is 19.1 Å². The minimum absolute atomic E-state index is 0.261. The van der Waals surface area contributed by atoms with Gasteiger partial charge in [0, 0.05) is 16.0 Å². The molecule has 2 aromatic carbocycles. The summed E-state index contributed by atoms with van der Waals surface area (Å²) in [4.78, 5) is 35.6. The van der Waals surface area contributed by atoms with Gasteiger partial charge in [0.05, 0.1) is 21.9 Å². The van der Waals surface area contributed by atoms with Crippen molar-refractivity contribution >= 4 is 65.7 Å². The summed E-state index contributed by atoms with van der Waals surface area (Å²) in [5, 5.41) is 6.34. The van der Waals surface area contributed by atoms with Crippen molar-refractivity contribution < 1.29 is 4.79 Å². The van der Waals surface area contributed by atoms with Crippen molar-refractivity contribution in [3.63, 3.8) is 0 Å². The van der Waals surface area contributed by atoms with E-state index in [1.807, 2.05) is 41.8 Å². The number of halogens is 1. The summed E-state index contributed by atoms with van der Waals surface area (Å²) in [5.74, 6) is -0.328. The Balaban J connectivity index is 1.49. The number of nitrogens with zero attached hydrogens (tertiary/aromatic N) is 3. The minimum atomic E-state index is -0.755. The maximum absolute atomic E-state index is 13.3. The lowest BCUT2D eigenvalue weighted by atomic mass is 10.1. The van der Waals surface area contributed by atoms with Crippen LogP contribution < -0.4 is 10.9 Å². The lowest BCUT2D eigenvalue weighted by Gasteiger charge is -2.14. The number of amides is 1. The van der Waals surface area contributed by atoms with E-state index in [4.69, 9.17) is 11.6 Å². The van der Waals surface area contributed by atoms with Crippen molar-refractivity contribution in [3.8, 4) is 11.1 Å². The van der Waals surface area contributed by atoms with Gasteiger partial charge in [0.25, 0.3) is 5.56 Å². The Kier molecular flexibility index (Phi) is 5.05. The molecule has 3 aromatic heterocycles. The topological polar surface area (TPSA) is 76.9 Å². The fraction of sp³-hybridized carbons (Fsp3) is 0.0909. The van der Waals surface area contributed by atoms with Crippen LogP contribution in [-0.4, -0.2) is 20.4 Å². The first kappa shape index (κ1) is 19.9. The van der Waals surface area contributed by atoms with Gasteiger partial charge >= 0.3 is 0 Å². The Morgan fingerprint density at radius 3 is 2.71 bits per heavy atom. The molecule has 0 aliphatic rings. The Labute approximate surface area is 189 Å². The number of para-hydroxylation sites is 1. The molecule has 3 heterocycles. The van der Waals surface area contributed by atoms with Crippen molar-refractivity contribution in [2.24, 2.45) is 0 Å². The third-order valence-corrected chi connectivity index (χ3v) is 7.09. The van der Waals surface area contributed by atoms with Crippen LogP contribution in [0, 0.1) is 0 Å². The normalized spacial score (nSPS) is 12.3. The second kappa shape index (κ2) is 7.88. The molecule has 0 spiro atoms. The van der Waals surface area contributed by atoms with Gasteiger partial charge in [-0.05, 0) is 36.8 Å². The molecule has 31 heavy (non-hydrogen) atoms. The molecule has 0 aliphatic carbocycles. The molecule has 5 aromatic rings. The summed E-state index contributed by atoms with van der Waals surface area (Å²) in [6.45, 7) is 1.67. The zero-order valence-corrected chi connectivity index (χ0v) is 18.6. The van der Waals surface area contributed by atoms with Crippen LogP contribution >= 0.6 is 34.3 Å². The summed E-state index contributed by atoms with van der Waals surface area (Å²) in [6, 6.07) is 14.2. The maximum Gasteiger partial charge on any atom is 0.263 e. The summed E-state index contributed by atoms with van der Waals surface area (Å²) in [6.07, 6.45) is 1.43. The van der Waals surface area contributed by atoms with Gasteiger partial charge in [-0.3, -0.25) is 14.2 Å². The Hall–Kier alpha value is -3.07.